The standard InChI is InChI=1S/C19H26N4O4S/c1-27-17-7-6-16(19(24)21-8-5-10-22-13-9-20-15-22)14-18(17)28(25,26)23-11-3-2-4-12-23/h6-7,9,13-15H,2-5,8,10-12H2,1H3,(H,21,24). The van der Waals surface area contributed by atoms with Crippen LogP contribution in [0.3, 0.4) is 0 Å². The molecule has 1 aliphatic heterocycles. The van der Waals surface area contributed by atoms with Crippen molar-refractivity contribution < 1.29 is 17.9 Å². The third-order valence-electron chi connectivity index (χ3n) is 4.80. The third kappa shape index (κ3) is 4.71. The van der Waals surface area contributed by atoms with Crippen molar-refractivity contribution in [2.75, 3.05) is 26.7 Å². The highest BCUT2D eigenvalue weighted by atomic mass is 32.2. The van der Waals surface area contributed by atoms with E-state index >= 15 is 0 Å². The molecule has 1 amide bonds. The summed E-state index contributed by atoms with van der Waals surface area (Å²) in [6.07, 6.45) is 8.77. The van der Waals surface area contributed by atoms with Crippen LogP contribution in [0.5, 0.6) is 5.75 Å². The van der Waals surface area contributed by atoms with Crippen molar-refractivity contribution >= 4 is 15.9 Å². The number of nitrogens with one attached hydrogen (secondary N) is 1. The Hall–Kier alpha value is -2.39. The van der Waals surface area contributed by atoms with Crippen molar-refractivity contribution in [1.29, 1.82) is 0 Å². The second-order valence-electron chi connectivity index (χ2n) is 6.74. The maximum absolute atomic E-state index is 13.0. The summed E-state index contributed by atoms with van der Waals surface area (Å²) in [4.78, 5) is 16.5. The van der Waals surface area contributed by atoms with Gasteiger partial charge in [0.25, 0.3) is 5.91 Å². The lowest BCUT2D eigenvalue weighted by Crippen LogP contribution is -2.36. The largest absolute Gasteiger partial charge is 0.495 e. The van der Waals surface area contributed by atoms with Crippen LogP contribution >= 0.6 is 0 Å². The lowest BCUT2D eigenvalue weighted by Gasteiger charge is -2.26. The number of sulfonamides is 1. The Morgan fingerprint density at radius 2 is 2.04 bits per heavy atom. The van der Waals surface area contributed by atoms with Gasteiger partial charge in [-0.3, -0.25) is 4.79 Å². The third-order valence-corrected chi connectivity index (χ3v) is 6.72. The smallest absolute Gasteiger partial charge is 0.251 e. The number of carbonyl (C=O) groups excluding carboxylic acids is 1. The van der Waals surface area contributed by atoms with Crippen molar-refractivity contribution in [1.82, 2.24) is 19.2 Å². The molecule has 8 nitrogen and oxygen atoms in total. The van der Waals surface area contributed by atoms with Crippen LogP contribution in [0.2, 0.25) is 0 Å². The Labute approximate surface area is 165 Å². The maximum atomic E-state index is 13.0. The summed E-state index contributed by atoms with van der Waals surface area (Å²) < 4.78 is 34.7. The second-order valence-corrected chi connectivity index (χ2v) is 8.65. The molecule has 2 heterocycles. The van der Waals surface area contributed by atoms with Gasteiger partial charge in [-0.1, -0.05) is 6.42 Å². The van der Waals surface area contributed by atoms with Crippen LogP contribution in [0.25, 0.3) is 0 Å². The van der Waals surface area contributed by atoms with E-state index in [1.165, 1.54) is 23.5 Å². The highest BCUT2D eigenvalue weighted by Crippen LogP contribution is 2.29. The molecule has 0 unspecified atom stereocenters. The Balaban J connectivity index is 1.69. The van der Waals surface area contributed by atoms with Crippen molar-refractivity contribution in [3.05, 3.63) is 42.5 Å². The average molecular weight is 407 g/mol. The summed E-state index contributed by atoms with van der Waals surface area (Å²) in [6.45, 7) is 2.22. The van der Waals surface area contributed by atoms with E-state index in [-0.39, 0.29) is 16.6 Å². The highest BCUT2D eigenvalue weighted by molar-refractivity contribution is 7.89. The van der Waals surface area contributed by atoms with E-state index < -0.39 is 10.0 Å². The minimum absolute atomic E-state index is 0.0444. The zero-order valence-electron chi connectivity index (χ0n) is 16.0. The van der Waals surface area contributed by atoms with Crippen LogP contribution in [-0.2, 0) is 16.6 Å². The van der Waals surface area contributed by atoms with Gasteiger partial charge >= 0.3 is 0 Å². The van der Waals surface area contributed by atoms with E-state index in [4.69, 9.17) is 4.74 Å². The Morgan fingerprint density at radius 1 is 1.25 bits per heavy atom. The minimum atomic E-state index is -3.70. The van der Waals surface area contributed by atoms with Crippen LogP contribution in [-0.4, -0.2) is 54.9 Å². The number of hydrogen-bond donors (Lipinski definition) is 1. The molecule has 0 radical (unpaired) electrons. The van der Waals surface area contributed by atoms with Crippen LogP contribution in [0, 0.1) is 0 Å². The fraction of sp³-hybridized carbons (Fsp3) is 0.474. The molecule has 1 aromatic heterocycles. The number of aryl methyl sites for hydroxylation is 1. The highest BCUT2D eigenvalue weighted by Gasteiger charge is 2.29. The van der Waals surface area contributed by atoms with E-state index in [1.807, 2.05) is 10.8 Å². The fourth-order valence-corrected chi connectivity index (χ4v) is 4.95. The normalized spacial score (nSPS) is 15.3. The summed E-state index contributed by atoms with van der Waals surface area (Å²) in [6, 6.07) is 4.53. The maximum Gasteiger partial charge on any atom is 0.251 e. The number of nitrogens with zero attached hydrogens (tertiary/aromatic N) is 3. The summed E-state index contributed by atoms with van der Waals surface area (Å²) in [7, 11) is -2.27. The van der Waals surface area contributed by atoms with Crippen molar-refractivity contribution in [3.8, 4) is 5.75 Å². The predicted molar refractivity (Wildman–Crippen MR) is 105 cm³/mol. The van der Waals surface area contributed by atoms with E-state index in [9.17, 15) is 13.2 Å². The zero-order chi connectivity index (χ0) is 20.0. The van der Waals surface area contributed by atoms with Crippen LogP contribution in [0.1, 0.15) is 36.0 Å². The molecule has 0 atom stereocenters. The van der Waals surface area contributed by atoms with Gasteiger partial charge in [-0.05, 0) is 37.5 Å². The first kappa shape index (κ1) is 20.3. The van der Waals surface area contributed by atoms with E-state index in [0.29, 0.717) is 25.2 Å². The Morgan fingerprint density at radius 3 is 2.71 bits per heavy atom. The molecule has 28 heavy (non-hydrogen) atoms. The second kappa shape index (κ2) is 9.20. The SMILES string of the molecule is COc1ccc(C(=O)NCCCn2ccnc2)cc1S(=O)(=O)N1CCCCC1. The number of carbonyl (C=O) groups is 1. The number of amides is 1. The number of ether oxygens (including phenoxy) is 1. The van der Waals surface area contributed by atoms with Gasteiger partial charge in [-0.2, -0.15) is 4.31 Å². The van der Waals surface area contributed by atoms with Crippen LogP contribution < -0.4 is 10.1 Å². The monoisotopic (exact) mass is 406 g/mol. The van der Waals surface area contributed by atoms with Gasteiger partial charge < -0.3 is 14.6 Å². The molecule has 1 N–H and O–H groups in total. The minimum Gasteiger partial charge on any atom is -0.495 e. The number of rotatable bonds is 8. The molecule has 152 valence electrons. The molecule has 0 bridgehead atoms. The number of piperidine rings is 1. The Bertz CT molecular complexity index is 891. The molecule has 2 aromatic rings. The summed E-state index contributed by atoms with van der Waals surface area (Å²) in [5.74, 6) is -0.0504. The van der Waals surface area contributed by atoms with Gasteiger partial charge in [0.1, 0.15) is 10.6 Å². The first-order valence-corrected chi connectivity index (χ1v) is 10.9. The zero-order valence-corrected chi connectivity index (χ0v) is 16.8. The number of aromatic nitrogens is 2. The van der Waals surface area contributed by atoms with Gasteiger partial charge in [0, 0.05) is 44.1 Å². The molecule has 0 saturated carbocycles. The predicted octanol–water partition coefficient (Wildman–Crippen LogP) is 1.89. The van der Waals surface area contributed by atoms with E-state index in [2.05, 4.69) is 10.3 Å². The lowest BCUT2D eigenvalue weighted by atomic mass is 10.2. The van der Waals surface area contributed by atoms with Crippen LogP contribution in [0.4, 0.5) is 0 Å². The van der Waals surface area contributed by atoms with Crippen molar-refractivity contribution in [2.45, 2.75) is 37.1 Å². The summed E-state index contributed by atoms with van der Waals surface area (Å²) in [5, 5.41) is 2.84. The average Bonchev–Trinajstić information content (AvgIpc) is 3.24. The molecule has 1 aromatic carbocycles. The number of benzene rings is 1. The quantitative estimate of drug-likeness (QED) is 0.676. The van der Waals surface area contributed by atoms with Gasteiger partial charge in [-0.25, -0.2) is 13.4 Å². The molecule has 0 aliphatic carbocycles. The Kier molecular flexibility index (Phi) is 6.69. The molecule has 0 spiro atoms. The summed E-state index contributed by atoms with van der Waals surface area (Å²) >= 11 is 0. The number of methoxy groups -OCH3 is 1. The van der Waals surface area contributed by atoms with Gasteiger partial charge in [0.05, 0.1) is 13.4 Å². The molecule has 3 rings (SSSR count). The first-order chi connectivity index (χ1) is 13.5. The van der Waals surface area contributed by atoms with Gasteiger partial charge in [0.2, 0.25) is 10.0 Å². The molecule has 1 saturated heterocycles. The first-order valence-electron chi connectivity index (χ1n) is 9.44. The number of hydrogen-bond acceptors (Lipinski definition) is 5. The molecular weight excluding hydrogens is 380 g/mol. The topological polar surface area (TPSA) is 93.5 Å². The fourth-order valence-electron chi connectivity index (χ4n) is 3.25. The molecular formula is C19H26N4O4S. The number of imidazole rings is 1. The van der Waals surface area contributed by atoms with Gasteiger partial charge in [-0.15, -0.1) is 0 Å². The molecule has 1 fully saturated rings. The van der Waals surface area contributed by atoms with Gasteiger partial charge in [0.15, 0.2) is 0 Å². The van der Waals surface area contributed by atoms with Crippen molar-refractivity contribution in [2.24, 2.45) is 0 Å². The van der Waals surface area contributed by atoms with E-state index in [1.54, 1.807) is 18.6 Å². The molecule has 9 heteroatoms. The molecule has 1 aliphatic rings. The van der Waals surface area contributed by atoms with Crippen LogP contribution in [0.15, 0.2) is 41.8 Å². The van der Waals surface area contributed by atoms with Crippen molar-refractivity contribution in [3.63, 3.8) is 0 Å². The summed E-state index contributed by atoms with van der Waals surface area (Å²) in [5.41, 5.74) is 0.305. The van der Waals surface area contributed by atoms with E-state index in [0.717, 1.165) is 32.2 Å². The lowest BCUT2D eigenvalue weighted by molar-refractivity contribution is 0.0952.